The molecule has 1 aliphatic heterocycles. The molecule has 1 aliphatic rings. The molecule has 170 valence electrons. The zero-order valence-electron chi connectivity index (χ0n) is 19.0. The fraction of sp³-hybridized carbons (Fsp3) is 0.400. The van der Waals surface area contributed by atoms with Crippen molar-refractivity contribution in [2.24, 2.45) is 0 Å². The van der Waals surface area contributed by atoms with Crippen LogP contribution in [0.1, 0.15) is 60.7 Å². The van der Waals surface area contributed by atoms with Gasteiger partial charge >= 0.3 is 0 Å². The number of carbonyl (C=O) groups is 3. The monoisotopic (exact) mass is 436 g/mol. The Labute approximate surface area is 189 Å². The molecule has 1 heterocycles. The van der Waals surface area contributed by atoms with Crippen LogP contribution in [-0.2, 0) is 4.79 Å². The summed E-state index contributed by atoms with van der Waals surface area (Å²) in [5.41, 5.74) is 2.28. The van der Waals surface area contributed by atoms with Crippen LogP contribution in [-0.4, -0.2) is 47.8 Å². The largest absolute Gasteiger partial charge is 0.376 e. The third-order valence-corrected chi connectivity index (χ3v) is 5.15. The first-order valence-electron chi connectivity index (χ1n) is 11.1. The van der Waals surface area contributed by atoms with E-state index in [1.807, 2.05) is 37.8 Å². The molecule has 0 radical (unpaired) electrons. The maximum Gasteiger partial charge on any atom is 0.253 e. The molecule has 3 amide bonds. The average Bonchev–Trinajstić information content (AvgIpc) is 2.77. The van der Waals surface area contributed by atoms with E-state index in [0.29, 0.717) is 16.8 Å². The van der Waals surface area contributed by atoms with Crippen molar-refractivity contribution in [3.63, 3.8) is 0 Å². The van der Waals surface area contributed by atoms with E-state index >= 15 is 0 Å². The lowest BCUT2D eigenvalue weighted by molar-refractivity contribution is -0.114. The average molecular weight is 437 g/mol. The Morgan fingerprint density at radius 1 is 0.812 bits per heavy atom. The molecule has 2 aromatic rings. The molecule has 3 N–H and O–H groups in total. The van der Waals surface area contributed by atoms with Crippen molar-refractivity contribution < 1.29 is 14.4 Å². The maximum absolute atomic E-state index is 12.5. The van der Waals surface area contributed by atoms with Crippen molar-refractivity contribution >= 4 is 29.1 Å². The SMILES string of the molecule is CC(C)(C)NC(=O)c1ccc(NC(=O)CNc2ccc(C(=O)N3CCCCC3)cc2)cc1. The van der Waals surface area contributed by atoms with Crippen molar-refractivity contribution in [1.82, 2.24) is 10.2 Å². The lowest BCUT2D eigenvalue weighted by Gasteiger charge is -2.26. The third kappa shape index (κ3) is 6.83. The number of nitrogens with zero attached hydrogens (tertiary/aromatic N) is 1. The highest BCUT2D eigenvalue weighted by Crippen LogP contribution is 2.16. The molecule has 0 unspecified atom stereocenters. The van der Waals surface area contributed by atoms with E-state index < -0.39 is 0 Å². The van der Waals surface area contributed by atoms with E-state index in [9.17, 15) is 14.4 Å². The van der Waals surface area contributed by atoms with Gasteiger partial charge in [-0.25, -0.2) is 0 Å². The molecule has 0 aromatic heterocycles. The normalized spacial score (nSPS) is 13.9. The minimum absolute atomic E-state index is 0.0635. The van der Waals surface area contributed by atoms with Gasteiger partial charge in [0.05, 0.1) is 6.54 Å². The van der Waals surface area contributed by atoms with Crippen molar-refractivity contribution in [3.8, 4) is 0 Å². The Bertz CT molecular complexity index is 941. The number of likely N-dealkylation sites (tertiary alicyclic amines) is 1. The second kappa shape index (κ2) is 10.3. The van der Waals surface area contributed by atoms with Crippen LogP contribution in [0.3, 0.4) is 0 Å². The van der Waals surface area contributed by atoms with Crippen LogP contribution in [0.2, 0.25) is 0 Å². The number of hydrogen-bond donors (Lipinski definition) is 3. The van der Waals surface area contributed by atoms with Crippen LogP contribution in [0.4, 0.5) is 11.4 Å². The van der Waals surface area contributed by atoms with Gasteiger partial charge in [0.1, 0.15) is 0 Å². The van der Waals surface area contributed by atoms with Gasteiger partial charge in [0.2, 0.25) is 5.91 Å². The highest BCUT2D eigenvalue weighted by molar-refractivity contribution is 5.97. The van der Waals surface area contributed by atoms with Crippen LogP contribution in [0.25, 0.3) is 0 Å². The van der Waals surface area contributed by atoms with Crippen LogP contribution < -0.4 is 16.0 Å². The van der Waals surface area contributed by atoms with Gasteiger partial charge in [0, 0.05) is 41.1 Å². The van der Waals surface area contributed by atoms with E-state index in [1.54, 1.807) is 36.4 Å². The fourth-order valence-electron chi connectivity index (χ4n) is 3.52. The summed E-state index contributed by atoms with van der Waals surface area (Å²) in [5.74, 6) is -0.293. The van der Waals surface area contributed by atoms with Gasteiger partial charge in [0.15, 0.2) is 0 Å². The number of nitrogens with one attached hydrogen (secondary N) is 3. The first-order valence-corrected chi connectivity index (χ1v) is 11.1. The van der Waals surface area contributed by atoms with E-state index in [4.69, 9.17) is 0 Å². The molecule has 7 nitrogen and oxygen atoms in total. The summed E-state index contributed by atoms with van der Waals surface area (Å²) in [4.78, 5) is 38.9. The summed E-state index contributed by atoms with van der Waals surface area (Å²) < 4.78 is 0. The topological polar surface area (TPSA) is 90.5 Å². The maximum atomic E-state index is 12.5. The van der Waals surface area contributed by atoms with Crippen molar-refractivity contribution in [3.05, 3.63) is 59.7 Å². The molecule has 3 rings (SSSR count). The first kappa shape index (κ1) is 23.3. The number of benzene rings is 2. The summed E-state index contributed by atoms with van der Waals surface area (Å²) in [6, 6.07) is 14.0. The van der Waals surface area contributed by atoms with Gasteiger partial charge in [-0.05, 0) is 88.6 Å². The second-order valence-corrected chi connectivity index (χ2v) is 9.11. The van der Waals surface area contributed by atoms with Crippen LogP contribution >= 0.6 is 0 Å². The van der Waals surface area contributed by atoms with Gasteiger partial charge in [-0.2, -0.15) is 0 Å². The smallest absolute Gasteiger partial charge is 0.253 e. The molecule has 32 heavy (non-hydrogen) atoms. The number of anilines is 2. The van der Waals surface area contributed by atoms with E-state index in [2.05, 4.69) is 16.0 Å². The lowest BCUT2D eigenvalue weighted by atomic mass is 10.1. The van der Waals surface area contributed by atoms with Crippen molar-refractivity contribution in [2.45, 2.75) is 45.6 Å². The molecule has 0 saturated carbocycles. The number of amides is 3. The molecule has 2 aromatic carbocycles. The highest BCUT2D eigenvalue weighted by Gasteiger charge is 2.18. The molecule has 1 saturated heterocycles. The predicted octanol–water partition coefficient (Wildman–Crippen LogP) is 3.89. The second-order valence-electron chi connectivity index (χ2n) is 9.11. The van der Waals surface area contributed by atoms with Gasteiger partial charge in [-0.1, -0.05) is 0 Å². The van der Waals surface area contributed by atoms with Gasteiger partial charge in [0.25, 0.3) is 11.8 Å². The van der Waals surface area contributed by atoms with Crippen molar-refractivity contribution in [1.29, 1.82) is 0 Å². The summed E-state index contributed by atoms with van der Waals surface area (Å²) in [5, 5.41) is 8.77. The number of carbonyl (C=O) groups excluding carboxylic acids is 3. The minimum Gasteiger partial charge on any atom is -0.376 e. The highest BCUT2D eigenvalue weighted by atomic mass is 16.2. The summed E-state index contributed by atoms with van der Waals surface area (Å²) in [6.45, 7) is 7.50. The molecule has 0 bridgehead atoms. The molecule has 0 aliphatic carbocycles. The van der Waals surface area contributed by atoms with E-state index in [0.717, 1.165) is 31.6 Å². The Kier molecular flexibility index (Phi) is 7.51. The van der Waals surface area contributed by atoms with Crippen LogP contribution in [0, 0.1) is 0 Å². The number of hydrogen-bond acceptors (Lipinski definition) is 4. The van der Waals surface area contributed by atoms with E-state index in [1.165, 1.54) is 6.42 Å². The minimum atomic E-state index is -0.311. The zero-order chi connectivity index (χ0) is 23.1. The summed E-state index contributed by atoms with van der Waals surface area (Å²) >= 11 is 0. The lowest BCUT2D eigenvalue weighted by Crippen LogP contribution is -2.40. The van der Waals surface area contributed by atoms with Crippen LogP contribution in [0.5, 0.6) is 0 Å². The Balaban J connectivity index is 1.47. The first-order chi connectivity index (χ1) is 15.2. The molecular weight excluding hydrogens is 404 g/mol. The van der Waals surface area contributed by atoms with E-state index in [-0.39, 0.29) is 29.8 Å². The molecule has 0 atom stereocenters. The molecule has 1 fully saturated rings. The predicted molar refractivity (Wildman–Crippen MR) is 127 cm³/mol. The van der Waals surface area contributed by atoms with Gasteiger partial charge in [-0.3, -0.25) is 14.4 Å². The molecule has 0 spiro atoms. The molecule has 7 heteroatoms. The fourth-order valence-corrected chi connectivity index (χ4v) is 3.52. The zero-order valence-corrected chi connectivity index (χ0v) is 19.0. The summed E-state index contributed by atoms with van der Waals surface area (Å²) in [7, 11) is 0. The quantitative estimate of drug-likeness (QED) is 0.641. The third-order valence-electron chi connectivity index (χ3n) is 5.15. The summed E-state index contributed by atoms with van der Waals surface area (Å²) in [6.07, 6.45) is 3.31. The van der Waals surface area contributed by atoms with Crippen LogP contribution in [0.15, 0.2) is 48.5 Å². The van der Waals surface area contributed by atoms with Crippen molar-refractivity contribution in [2.75, 3.05) is 30.3 Å². The standard InChI is InChI=1S/C25H32N4O3/c1-25(2,3)28-23(31)18-7-13-21(14-8-18)27-22(30)17-26-20-11-9-19(10-12-20)24(32)29-15-5-4-6-16-29/h7-14,26H,4-6,15-17H2,1-3H3,(H,27,30)(H,28,31). The Morgan fingerprint density at radius 2 is 1.38 bits per heavy atom. The van der Waals surface area contributed by atoms with Gasteiger partial charge in [-0.15, -0.1) is 0 Å². The number of piperidine rings is 1. The number of rotatable bonds is 6. The molecular formula is C25H32N4O3. The van der Waals surface area contributed by atoms with Gasteiger partial charge < -0.3 is 20.9 Å². The Morgan fingerprint density at radius 3 is 1.97 bits per heavy atom. The Hall–Kier alpha value is -3.35.